The Hall–Kier alpha value is -2.09. The van der Waals surface area contributed by atoms with Crippen LogP contribution in [-0.4, -0.2) is 50.1 Å². The van der Waals surface area contributed by atoms with Gasteiger partial charge in [0.2, 0.25) is 10.0 Å². The zero-order valence-electron chi connectivity index (χ0n) is 13.0. The first-order valence-corrected chi connectivity index (χ1v) is 8.47. The number of carbonyl (C=O) groups excluding carboxylic acids is 1. The van der Waals surface area contributed by atoms with Crippen LogP contribution < -0.4 is 4.72 Å². The molecule has 1 unspecified atom stereocenters. The summed E-state index contributed by atoms with van der Waals surface area (Å²) in [5, 5.41) is 8.88. The van der Waals surface area contributed by atoms with E-state index in [0.29, 0.717) is 11.3 Å². The Bertz CT molecular complexity index is 684. The van der Waals surface area contributed by atoms with Crippen LogP contribution in [-0.2, 0) is 14.8 Å². The molecular weight excluding hydrogens is 308 g/mol. The van der Waals surface area contributed by atoms with Crippen LogP contribution in [0.2, 0.25) is 0 Å². The lowest BCUT2D eigenvalue weighted by Crippen LogP contribution is -2.33. The lowest BCUT2D eigenvalue weighted by Gasteiger charge is -2.20. The molecule has 8 heteroatoms. The molecule has 122 valence electrons. The van der Waals surface area contributed by atoms with Gasteiger partial charge in [0, 0.05) is 19.2 Å². The molecule has 0 spiro atoms. The van der Waals surface area contributed by atoms with Crippen molar-refractivity contribution in [3.05, 3.63) is 29.3 Å². The summed E-state index contributed by atoms with van der Waals surface area (Å²) in [4.78, 5) is 24.4. The lowest BCUT2D eigenvalue weighted by atomic mass is 10.1. The SMILES string of the molecule is Cc1ccc(C(=O)N(C)CC(C)C(=O)O)cc1NS(C)(=O)=O. The number of nitrogens with one attached hydrogen (secondary N) is 1. The normalized spacial score (nSPS) is 12.5. The molecule has 22 heavy (non-hydrogen) atoms. The Balaban J connectivity index is 2.99. The zero-order valence-corrected chi connectivity index (χ0v) is 13.8. The monoisotopic (exact) mass is 328 g/mol. The molecule has 1 atom stereocenters. The van der Waals surface area contributed by atoms with Gasteiger partial charge in [0.05, 0.1) is 17.9 Å². The van der Waals surface area contributed by atoms with Crippen molar-refractivity contribution in [1.82, 2.24) is 4.90 Å². The molecule has 0 fully saturated rings. The van der Waals surface area contributed by atoms with Gasteiger partial charge in [-0.15, -0.1) is 0 Å². The summed E-state index contributed by atoms with van der Waals surface area (Å²) < 4.78 is 25.0. The minimum atomic E-state index is -3.45. The van der Waals surface area contributed by atoms with E-state index in [1.807, 2.05) is 0 Å². The fraction of sp³-hybridized carbons (Fsp3) is 0.429. The molecule has 0 aliphatic heterocycles. The highest BCUT2D eigenvalue weighted by atomic mass is 32.2. The van der Waals surface area contributed by atoms with Gasteiger partial charge in [0.25, 0.3) is 5.91 Å². The number of carboxylic acids is 1. The van der Waals surface area contributed by atoms with Gasteiger partial charge in [-0.25, -0.2) is 8.42 Å². The van der Waals surface area contributed by atoms with E-state index in [4.69, 9.17) is 5.11 Å². The van der Waals surface area contributed by atoms with Crippen LogP contribution in [0.1, 0.15) is 22.8 Å². The summed E-state index contributed by atoms with van der Waals surface area (Å²) in [5.41, 5.74) is 1.30. The molecule has 0 aliphatic carbocycles. The molecule has 1 aromatic carbocycles. The van der Waals surface area contributed by atoms with E-state index in [2.05, 4.69) is 4.72 Å². The minimum absolute atomic E-state index is 0.0664. The van der Waals surface area contributed by atoms with Crippen molar-refractivity contribution in [3.63, 3.8) is 0 Å². The molecule has 2 N–H and O–H groups in total. The number of sulfonamides is 1. The Morgan fingerprint density at radius 1 is 1.36 bits per heavy atom. The second kappa shape index (κ2) is 6.78. The van der Waals surface area contributed by atoms with Gasteiger partial charge < -0.3 is 10.0 Å². The number of carboxylic acid groups (broad SMARTS) is 1. The number of rotatable bonds is 6. The summed E-state index contributed by atoms with van der Waals surface area (Å²) in [6.45, 7) is 3.30. The largest absolute Gasteiger partial charge is 0.481 e. The number of aryl methyl sites for hydroxylation is 1. The standard InChI is InChI=1S/C14H20N2O5S/c1-9-5-6-11(7-12(9)15-22(4,20)21)13(17)16(3)8-10(2)14(18)19/h5-7,10,15H,8H2,1-4H3,(H,18,19). The molecule has 0 saturated heterocycles. The Morgan fingerprint density at radius 2 is 1.95 bits per heavy atom. The van der Waals surface area contributed by atoms with E-state index < -0.39 is 21.9 Å². The number of hydrogen-bond donors (Lipinski definition) is 2. The molecule has 1 aromatic rings. The first-order chi connectivity index (χ1) is 10.0. The average Bonchev–Trinajstić information content (AvgIpc) is 2.38. The third-order valence-corrected chi connectivity index (χ3v) is 3.69. The van der Waals surface area contributed by atoms with Crippen LogP contribution in [0.5, 0.6) is 0 Å². The van der Waals surface area contributed by atoms with Crippen molar-refractivity contribution in [1.29, 1.82) is 0 Å². The topological polar surface area (TPSA) is 104 Å². The van der Waals surface area contributed by atoms with Crippen molar-refractivity contribution in [2.45, 2.75) is 13.8 Å². The molecule has 0 saturated carbocycles. The van der Waals surface area contributed by atoms with E-state index in [-0.39, 0.29) is 18.0 Å². The van der Waals surface area contributed by atoms with Gasteiger partial charge in [0.1, 0.15) is 0 Å². The smallest absolute Gasteiger partial charge is 0.308 e. The summed E-state index contributed by atoms with van der Waals surface area (Å²) in [6.07, 6.45) is 1.03. The van der Waals surface area contributed by atoms with Crippen molar-refractivity contribution in [2.75, 3.05) is 24.6 Å². The minimum Gasteiger partial charge on any atom is -0.481 e. The van der Waals surface area contributed by atoms with Gasteiger partial charge in [0.15, 0.2) is 0 Å². The second-order valence-electron chi connectivity index (χ2n) is 5.33. The van der Waals surface area contributed by atoms with E-state index in [9.17, 15) is 18.0 Å². The van der Waals surface area contributed by atoms with Crippen molar-refractivity contribution < 1.29 is 23.1 Å². The third-order valence-electron chi connectivity index (χ3n) is 3.10. The van der Waals surface area contributed by atoms with Gasteiger partial charge in [-0.1, -0.05) is 13.0 Å². The number of nitrogens with zero attached hydrogens (tertiary/aromatic N) is 1. The molecular formula is C14H20N2O5S. The molecule has 7 nitrogen and oxygen atoms in total. The maximum Gasteiger partial charge on any atom is 0.308 e. The third kappa shape index (κ3) is 5.03. The number of carbonyl (C=O) groups is 2. The molecule has 1 amide bonds. The van der Waals surface area contributed by atoms with Crippen LogP contribution in [0.4, 0.5) is 5.69 Å². The van der Waals surface area contributed by atoms with Crippen LogP contribution in [0, 0.1) is 12.8 Å². The van der Waals surface area contributed by atoms with E-state index in [0.717, 1.165) is 6.26 Å². The fourth-order valence-electron chi connectivity index (χ4n) is 1.86. The fourth-order valence-corrected chi connectivity index (χ4v) is 2.48. The summed E-state index contributed by atoms with van der Waals surface area (Å²) in [6, 6.07) is 4.66. The highest BCUT2D eigenvalue weighted by molar-refractivity contribution is 7.92. The first kappa shape index (κ1) is 18.0. The Kier molecular flexibility index (Phi) is 5.54. The van der Waals surface area contributed by atoms with Crippen molar-refractivity contribution >= 4 is 27.6 Å². The lowest BCUT2D eigenvalue weighted by molar-refractivity contribution is -0.141. The summed E-state index contributed by atoms with van der Waals surface area (Å²) in [5.74, 6) is -2.04. The molecule has 1 rings (SSSR count). The number of benzene rings is 1. The molecule has 0 heterocycles. The predicted octanol–water partition coefficient (Wildman–Crippen LogP) is 1.16. The van der Waals surface area contributed by atoms with Gasteiger partial charge in [-0.05, 0) is 24.6 Å². The highest BCUT2D eigenvalue weighted by Gasteiger charge is 2.19. The van der Waals surface area contributed by atoms with E-state index in [1.165, 1.54) is 24.9 Å². The molecule has 0 aliphatic rings. The number of anilines is 1. The molecule has 0 aromatic heterocycles. The van der Waals surface area contributed by atoms with Gasteiger partial charge >= 0.3 is 5.97 Å². The number of aliphatic carboxylic acids is 1. The number of amides is 1. The van der Waals surface area contributed by atoms with Gasteiger partial charge in [-0.3, -0.25) is 14.3 Å². The van der Waals surface area contributed by atoms with Crippen LogP contribution in [0.15, 0.2) is 18.2 Å². The van der Waals surface area contributed by atoms with Crippen molar-refractivity contribution in [3.8, 4) is 0 Å². The maximum atomic E-state index is 12.3. The van der Waals surface area contributed by atoms with Crippen LogP contribution in [0.3, 0.4) is 0 Å². The summed E-state index contributed by atoms with van der Waals surface area (Å²) in [7, 11) is -1.94. The first-order valence-electron chi connectivity index (χ1n) is 6.58. The quantitative estimate of drug-likeness (QED) is 0.815. The second-order valence-corrected chi connectivity index (χ2v) is 7.08. The predicted molar refractivity (Wildman–Crippen MR) is 83.4 cm³/mol. The molecule has 0 radical (unpaired) electrons. The summed E-state index contributed by atoms with van der Waals surface area (Å²) >= 11 is 0. The van der Waals surface area contributed by atoms with E-state index >= 15 is 0 Å². The Labute approximate surface area is 130 Å². The van der Waals surface area contributed by atoms with Crippen LogP contribution >= 0.6 is 0 Å². The zero-order chi connectivity index (χ0) is 17.1. The Morgan fingerprint density at radius 3 is 2.45 bits per heavy atom. The van der Waals surface area contributed by atoms with E-state index in [1.54, 1.807) is 19.1 Å². The van der Waals surface area contributed by atoms with Crippen LogP contribution in [0.25, 0.3) is 0 Å². The number of hydrogen-bond acceptors (Lipinski definition) is 4. The average molecular weight is 328 g/mol. The van der Waals surface area contributed by atoms with Crippen molar-refractivity contribution in [2.24, 2.45) is 5.92 Å². The van der Waals surface area contributed by atoms with Gasteiger partial charge in [-0.2, -0.15) is 0 Å². The molecule has 0 bridgehead atoms. The highest BCUT2D eigenvalue weighted by Crippen LogP contribution is 2.19. The maximum absolute atomic E-state index is 12.3.